The quantitative estimate of drug-likeness (QED) is 0.164. The van der Waals surface area contributed by atoms with E-state index in [4.69, 9.17) is 20.8 Å². The van der Waals surface area contributed by atoms with Crippen molar-refractivity contribution in [1.29, 1.82) is 0 Å². The topological polar surface area (TPSA) is 35.5 Å². The maximum atomic E-state index is 12.5. The van der Waals surface area contributed by atoms with Crippen molar-refractivity contribution in [2.75, 3.05) is 5.88 Å². The summed E-state index contributed by atoms with van der Waals surface area (Å²) in [7, 11) is -2.03. The molecule has 0 radical (unpaired) electrons. The van der Waals surface area contributed by atoms with Crippen molar-refractivity contribution in [2.24, 2.45) is 34.5 Å². The first-order chi connectivity index (χ1) is 15.2. The van der Waals surface area contributed by atoms with Crippen molar-refractivity contribution in [3.63, 3.8) is 0 Å². The molecule has 2 bridgehead atoms. The number of rotatable bonds is 6. The molecule has 33 heavy (non-hydrogen) atoms. The maximum absolute atomic E-state index is 12.5. The third-order valence-electron chi connectivity index (χ3n) is 10.2. The van der Waals surface area contributed by atoms with E-state index in [9.17, 15) is 4.79 Å². The lowest BCUT2D eigenvalue weighted by Crippen LogP contribution is -2.55. The highest BCUT2D eigenvalue weighted by Crippen LogP contribution is 2.70. The fourth-order valence-corrected chi connectivity index (χ4v) is 8.03. The average molecular weight is 493 g/mol. The van der Waals surface area contributed by atoms with Crippen LogP contribution in [0.5, 0.6) is 0 Å². The van der Waals surface area contributed by atoms with E-state index < -0.39 is 8.32 Å². The van der Waals surface area contributed by atoms with Gasteiger partial charge in [-0.1, -0.05) is 66.3 Å². The predicted molar refractivity (Wildman–Crippen MR) is 141 cm³/mol. The van der Waals surface area contributed by atoms with Gasteiger partial charge in [-0.05, 0) is 73.1 Å². The monoisotopic (exact) mass is 492 g/mol. The Morgan fingerprint density at radius 3 is 2.52 bits per heavy atom. The van der Waals surface area contributed by atoms with Gasteiger partial charge >= 0.3 is 5.97 Å². The molecule has 0 aromatic heterocycles. The molecule has 5 heteroatoms. The molecular weight excluding hydrogens is 448 g/mol. The largest absolute Gasteiger partial charge is 0.547 e. The highest BCUT2D eigenvalue weighted by Gasteiger charge is 2.67. The lowest BCUT2D eigenvalue weighted by molar-refractivity contribution is -0.168. The minimum atomic E-state index is -2.03. The Morgan fingerprint density at radius 2 is 1.97 bits per heavy atom. The van der Waals surface area contributed by atoms with Gasteiger partial charge in [0.2, 0.25) is 8.32 Å². The molecule has 7 atom stereocenters. The predicted octanol–water partition coefficient (Wildman–Crippen LogP) is 7.88. The molecule has 3 rings (SSSR count). The second-order valence-corrected chi connectivity index (χ2v) is 17.7. The molecule has 0 spiro atoms. The van der Waals surface area contributed by atoms with Gasteiger partial charge in [0.1, 0.15) is 12.0 Å². The molecule has 2 unspecified atom stereocenters. The van der Waals surface area contributed by atoms with Gasteiger partial charge in [0.05, 0.1) is 5.76 Å². The van der Waals surface area contributed by atoms with Gasteiger partial charge in [0, 0.05) is 11.3 Å². The third-order valence-corrected chi connectivity index (χ3v) is 14.8. The molecule has 0 saturated heterocycles. The molecular formula is C28H45ClO3Si. The highest BCUT2D eigenvalue weighted by molar-refractivity contribution is 6.74. The van der Waals surface area contributed by atoms with Crippen LogP contribution >= 0.6 is 11.6 Å². The Morgan fingerprint density at radius 1 is 1.33 bits per heavy atom. The molecule has 0 N–H and O–H groups in total. The number of hydrogen-bond donors (Lipinski definition) is 0. The number of halogens is 1. The van der Waals surface area contributed by atoms with E-state index in [0.29, 0.717) is 11.8 Å². The van der Waals surface area contributed by atoms with E-state index in [0.717, 1.165) is 37.0 Å². The number of esters is 1. The van der Waals surface area contributed by atoms with Gasteiger partial charge in [-0.2, -0.15) is 0 Å². The number of alkyl halides is 1. The zero-order valence-electron chi connectivity index (χ0n) is 22.1. The molecule has 2 saturated carbocycles. The summed E-state index contributed by atoms with van der Waals surface area (Å²) in [6, 6.07) is 0. The van der Waals surface area contributed by atoms with E-state index >= 15 is 0 Å². The van der Waals surface area contributed by atoms with Gasteiger partial charge in [0.25, 0.3) is 0 Å². The Hall–Kier alpha value is -1.00. The average Bonchev–Trinajstić information content (AvgIpc) is 3.09. The summed E-state index contributed by atoms with van der Waals surface area (Å²) in [5, 5.41) is 0.117. The highest BCUT2D eigenvalue weighted by atomic mass is 35.5. The summed E-state index contributed by atoms with van der Waals surface area (Å²) < 4.78 is 13.3. The van der Waals surface area contributed by atoms with E-state index in [1.54, 1.807) is 0 Å². The summed E-state index contributed by atoms with van der Waals surface area (Å²) in [4.78, 5) is 12.5. The third kappa shape index (κ3) is 4.18. The smallest absolute Gasteiger partial charge is 0.321 e. The van der Waals surface area contributed by atoms with E-state index in [1.807, 2.05) is 6.08 Å². The first-order valence-electron chi connectivity index (χ1n) is 12.6. The molecule has 0 heterocycles. The Labute approximate surface area is 208 Å². The van der Waals surface area contributed by atoms with Crippen molar-refractivity contribution in [3.05, 3.63) is 36.6 Å². The summed E-state index contributed by atoms with van der Waals surface area (Å²) in [5.41, 5.74) is 0.900. The number of carbonyl (C=O) groups excluding carboxylic acids is 1. The maximum Gasteiger partial charge on any atom is 0.321 e. The van der Waals surface area contributed by atoms with Crippen LogP contribution in [-0.2, 0) is 14.0 Å². The first kappa shape index (κ1) is 26.6. The van der Waals surface area contributed by atoms with Crippen LogP contribution in [0.25, 0.3) is 0 Å². The van der Waals surface area contributed by atoms with Crippen molar-refractivity contribution in [2.45, 2.75) is 91.5 Å². The van der Waals surface area contributed by atoms with E-state index in [1.165, 1.54) is 0 Å². The minimum Gasteiger partial charge on any atom is -0.547 e. The lowest BCUT2D eigenvalue weighted by atomic mass is 9.48. The molecule has 0 amide bonds. The lowest BCUT2D eigenvalue weighted by Gasteiger charge is -2.57. The molecule has 3 aliphatic carbocycles. The van der Waals surface area contributed by atoms with Crippen LogP contribution in [0.3, 0.4) is 0 Å². The Bertz CT molecular complexity index is 841. The summed E-state index contributed by atoms with van der Waals surface area (Å²) in [5.74, 6) is 1.91. The van der Waals surface area contributed by atoms with Crippen molar-refractivity contribution >= 4 is 25.9 Å². The van der Waals surface area contributed by atoms with Crippen LogP contribution in [0, 0.1) is 34.5 Å². The standard InChI is InChI=1S/C28H45ClO3Si/c1-11-18(2)21-16-23(31-24(30)17-29)27(8)19(3)12-14-28(20(21)4)15-13-22(25(27)28)32-33(9,10)26(5,6)7/h11,13,19-21,23,25H,1-2,12,14-17H2,3-10H3/t19?,20-,21-,23+,25?,27-,28-/m0/s1. The molecule has 186 valence electrons. The molecule has 0 aliphatic heterocycles. The molecule has 3 nitrogen and oxygen atoms in total. The van der Waals surface area contributed by atoms with Crippen LogP contribution < -0.4 is 0 Å². The summed E-state index contributed by atoms with van der Waals surface area (Å²) >= 11 is 5.92. The molecule has 0 aromatic carbocycles. The van der Waals surface area contributed by atoms with Crippen LogP contribution in [0.15, 0.2) is 36.6 Å². The van der Waals surface area contributed by atoms with Crippen molar-refractivity contribution in [3.8, 4) is 0 Å². The molecule has 3 aliphatic rings. The number of allylic oxidation sites excluding steroid dienone is 4. The summed E-state index contributed by atoms with van der Waals surface area (Å²) in [6.07, 6.45) is 8.11. The Balaban J connectivity index is 2.17. The van der Waals surface area contributed by atoms with E-state index in [-0.39, 0.29) is 45.7 Å². The van der Waals surface area contributed by atoms with Gasteiger partial charge in [-0.3, -0.25) is 4.79 Å². The van der Waals surface area contributed by atoms with Crippen LogP contribution in [-0.4, -0.2) is 26.3 Å². The van der Waals surface area contributed by atoms with Crippen molar-refractivity contribution in [1.82, 2.24) is 0 Å². The van der Waals surface area contributed by atoms with Crippen molar-refractivity contribution < 1.29 is 14.0 Å². The zero-order valence-corrected chi connectivity index (χ0v) is 23.8. The van der Waals surface area contributed by atoms with Gasteiger partial charge in [-0.15, -0.1) is 11.6 Å². The Kier molecular flexibility index (Phi) is 7.17. The normalized spacial score (nSPS) is 38.6. The SMILES string of the molecule is C=CC(=C)[C@@H]1C[C@@H](OC(=O)CCl)[C@]2(C)C(C)CC[C@]3(CC=C(O[Si](C)(C)C(C)(C)C)C32)[C@H]1C. The number of carbonyl (C=O) groups is 1. The van der Waals surface area contributed by atoms with E-state index in [2.05, 4.69) is 73.9 Å². The second-order valence-electron chi connectivity index (χ2n) is 12.7. The van der Waals surface area contributed by atoms with Crippen LogP contribution in [0.2, 0.25) is 18.1 Å². The first-order valence-corrected chi connectivity index (χ1v) is 16.1. The van der Waals surface area contributed by atoms with Gasteiger partial charge in [0.15, 0.2) is 0 Å². The van der Waals surface area contributed by atoms with Crippen LogP contribution in [0.4, 0.5) is 0 Å². The number of hydrogen-bond acceptors (Lipinski definition) is 3. The van der Waals surface area contributed by atoms with Gasteiger partial charge in [-0.25, -0.2) is 0 Å². The molecule has 0 aromatic rings. The second kappa shape index (κ2) is 8.89. The summed E-state index contributed by atoms with van der Waals surface area (Å²) in [6.45, 7) is 27.0. The number of ether oxygens (including phenoxy) is 1. The van der Waals surface area contributed by atoms with Gasteiger partial charge < -0.3 is 9.16 Å². The fourth-order valence-electron chi connectivity index (χ4n) is 6.87. The molecule has 2 fully saturated rings. The zero-order chi connectivity index (χ0) is 25.0. The fraction of sp³-hybridized carbons (Fsp3) is 0.750. The minimum absolute atomic E-state index is 0.0810. The van der Waals surface area contributed by atoms with Crippen LogP contribution in [0.1, 0.15) is 67.2 Å².